The number of rotatable bonds is 6. The van der Waals surface area contributed by atoms with Gasteiger partial charge in [0.15, 0.2) is 0 Å². The number of hydrogen-bond acceptors (Lipinski definition) is 4. The van der Waals surface area contributed by atoms with E-state index in [-0.39, 0.29) is 19.1 Å². The number of fused-ring (bicyclic) bond motifs is 3. The Morgan fingerprint density at radius 3 is 2.04 bits per heavy atom. The van der Waals surface area contributed by atoms with Crippen molar-refractivity contribution >= 4 is 18.0 Å². The first-order valence-electron chi connectivity index (χ1n) is 8.13. The van der Waals surface area contributed by atoms with Crippen LogP contribution in [0.2, 0.25) is 0 Å². The summed E-state index contributed by atoms with van der Waals surface area (Å²) in [6.45, 7) is -0.689. The molecule has 1 aliphatic carbocycles. The lowest BCUT2D eigenvalue weighted by molar-refractivity contribution is -0.137. The van der Waals surface area contributed by atoms with Gasteiger partial charge in [-0.15, -0.1) is 0 Å². The van der Waals surface area contributed by atoms with Crippen LogP contribution in [0.5, 0.6) is 0 Å². The summed E-state index contributed by atoms with van der Waals surface area (Å²) in [5.41, 5.74) is 4.46. The molecule has 1 aliphatic rings. The monoisotopic (exact) mass is 354 g/mol. The number of aliphatic carboxylic acids is 1. The zero-order chi connectivity index (χ0) is 18.5. The quantitative estimate of drug-likeness (QED) is 0.733. The second kappa shape index (κ2) is 7.69. The SMILES string of the molecule is O=C(O)CNC(=O)CNC(=O)OCC1c2ccccc2-c2ccccc21. The van der Waals surface area contributed by atoms with Crippen LogP contribution in [-0.2, 0) is 14.3 Å². The Morgan fingerprint density at radius 2 is 1.46 bits per heavy atom. The second-order valence-corrected chi connectivity index (χ2v) is 5.85. The summed E-state index contributed by atoms with van der Waals surface area (Å²) in [5.74, 6) is -1.81. The van der Waals surface area contributed by atoms with E-state index in [0.29, 0.717) is 0 Å². The van der Waals surface area contributed by atoms with Gasteiger partial charge in [-0.3, -0.25) is 9.59 Å². The van der Waals surface area contributed by atoms with Crippen molar-refractivity contribution in [3.05, 3.63) is 59.7 Å². The largest absolute Gasteiger partial charge is 0.480 e. The van der Waals surface area contributed by atoms with Crippen LogP contribution in [-0.4, -0.2) is 42.8 Å². The maximum absolute atomic E-state index is 11.8. The third kappa shape index (κ3) is 3.83. The van der Waals surface area contributed by atoms with E-state index in [4.69, 9.17) is 9.84 Å². The molecule has 0 aromatic heterocycles. The van der Waals surface area contributed by atoms with Crippen molar-refractivity contribution in [3.8, 4) is 11.1 Å². The number of carbonyl (C=O) groups excluding carboxylic acids is 2. The predicted octanol–water partition coefficient (Wildman–Crippen LogP) is 1.73. The molecule has 2 amide bonds. The zero-order valence-corrected chi connectivity index (χ0v) is 13.9. The number of hydrogen-bond donors (Lipinski definition) is 3. The molecule has 26 heavy (non-hydrogen) atoms. The molecular formula is C19H18N2O5. The molecule has 0 heterocycles. The first-order chi connectivity index (χ1) is 12.6. The summed E-state index contributed by atoms with van der Waals surface area (Å²) in [6, 6.07) is 16.0. The number of ether oxygens (including phenoxy) is 1. The number of benzene rings is 2. The summed E-state index contributed by atoms with van der Waals surface area (Å²) >= 11 is 0. The normalized spacial score (nSPS) is 12.0. The molecule has 2 aromatic carbocycles. The third-order valence-corrected chi connectivity index (χ3v) is 4.17. The maximum Gasteiger partial charge on any atom is 0.407 e. The zero-order valence-electron chi connectivity index (χ0n) is 13.9. The fourth-order valence-corrected chi connectivity index (χ4v) is 3.04. The summed E-state index contributed by atoms with van der Waals surface area (Å²) in [4.78, 5) is 33.6. The first kappa shape index (κ1) is 17.5. The van der Waals surface area contributed by atoms with Gasteiger partial charge in [0.2, 0.25) is 5.91 Å². The molecule has 0 aliphatic heterocycles. The average Bonchev–Trinajstić information content (AvgIpc) is 2.97. The second-order valence-electron chi connectivity index (χ2n) is 5.85. The van der Waals surface area contributed by atoms with Crippen molar-refractivity contribution in [2.45, 2.75) is 5.92 Å². The van der Waals surface area contributed by atoms with E-state index in [2.05, 4.69) is 10.6 Å². The molecule has 7 nitrogen and oxygen atoms in total. The first-order valence-corrected chi connectivity index (χ1v) is 8.13. The highest BCUT2D eigenvalue weighted by Crippen LogP contribution is 2.44. The van der Waals surface area contributed by atoms with E-state index in [1.54, 1.807) is 0 Å². The number of alkyl carbamates (subject to hydrolysis) is 1. The van der Waals surface area contributed by atoms with Crippen molar-refractivity contribution in [1.29, 1.82) is 0 Å². The molecule has 2 aromatic rings. The van der Waals surface area contributed by atoms with Gasteiger partial charge in [0.05, 0.1) is 0 Å². The Hall–Kier alpha value is -3.35. The van der Waals surface area contributed by atoms with E-state index >= 15 is 0 Å². The number of carbonyl (C=O) groups is 3. The topological polar surface area (TPSA) is 105 Å². The third-order valence-electron chi connectivity index (χ3n) is 4.17. The maximum atomic E-state index is 11.8. The lowest BCUT2D eigenvalue weighted by Crippen LogP contribution is -2.39. The van der Waals surface area contributed by atoms with Gasteiger partial charge in [0.1, 0.15) is 19.7 Å². The van der Waals surface area contributed by atoms with Gasteiger partial charge < -0.3 is 20.5 Å². The minimum atomic E-state index is -1.15. The molecule has 0 fully saturated rings. The van der Waals surface area contributed by atoms with Crippen molar-refractivity contribution in [1.82, 2.24) is 10.6 Å². The van der Waals surface area contributed by atoms with Crippen LogP contribution < -0.4 is 10.6 Å². The summed E-state index contributed by atoms with van der Waals surface area (Å²) < 4.78 is 5.27. The van der Waals surface area contributed by atoms with Gasteiger partial charge in [-0.25, -0.2) is 4.79 Å². The van der Waals surface area contributed by atoms with Gasteiger partial charge in [-0.2, -0.15) is 0 Å². The van der Waals surface area contributed by atoms with Gasteiger partial charge in [-0.1, -0.05) is 48.5 Å². The highest BCUT2D eigenvalue weighted by Gasteiger charge is 2.28. The Balaban J connectivity index is 1.57. The highest BCUT2D eigenvalue weighted by atomic mass is 16.5. The molecule has 0 saturated heterocycles. The molecule has 0 saturated carbocycles. The molecule has 0 spiro atoms. The summed E-state index contributed by atoms with van der Waals surface area (Å²) in [7, 11) is 0. The molecule has 0 bridgehead atoms. The fraction of sp³-hybridized carbons (Fsp3) is 0.211. The van der Waals surface area contributed by atoms with Gasteiger partial charge in [0.25, 0.3) is 0 Å². The number of amides is 2. The smallest absolute Gasteiger partial charge is 0.407 e. The van der Waals surface area contributed by atoms with E-state index in [1.165, 1.54) is 0 Å². The van der Waals surface area contributed by atoms with Crippen LogP contribution in [0, 0.1) is 0 Å². The highest BCUT2D eigenvalue weighted by molar-refractivity contribution is 5.85. The van der Waals surface area contributed by atoms with Crippen molar-refractivity contribution < 1.29 is 24.2 Å². The van der Waals surface area contributed by atoms with Crippen LogP contribution in [0.3, 0.4) is 0 Å². The molecular weight excluding hydrogens is 336 g/mol. The molecule has 134 valence electrons. The van der Waals surface area contributed by atoms with Crippen LogP contribution in [0.4, 0.5) is 4.79 Å². The van der Waals surface area contributed by atoms with E-state index < -0.39 is 24.5 Å². The van der Waals surface area contributed by atoms with Gasteiger partial charge >= 0.3 is 12.1 Å². The number of nitrogens with one attached hydrogen (secondary N) is 2. The van der Waals surface area contributed by atoms with Gasteiger partial charge in [-0.05, 0) is 22.3 Å². The fourth-order valence-electron chi connectivity index (χ4n) is 3.04. The predicted molar refractivity (Wildman–Crippen MR) is 93.7 cm³/mol. The van der Waals surface area contributed by atoms with Crippen LogP contribution in [0.25, 0.3) is 11.1 Å². The Morgan fingerprint density at radius 1 is 0.885 bits per heavy atom. The Kier molecular flexibility index (Phi) is 5.17. The number of carboxylic acid groups (broad SMARTS) is 1. The summed E-state index contributed by atoms with van der Waals surface area (Å²) in [6.07, 6.45) is -0.725. The van der Waals surface area contributed by atoms with Crippen LogP contribution in [0.1, 0.15) is 17.0 Å². The standard InChI is InChI=1S/C19H18N2O5/c22-17(20-10-18(23)24)9-21-19(25)26-11-16-14-7-3-1-5-12(14)13-6-2-4-8-15(13)16/h1-8,16H,9-11H2,(H,20,22)(H,21,25)(H,23,24). The van der Waals surface area contributed by atoms with E-state index in [1.807, 2.05) is 48.5 Å². The molecule has 0 unspecified atom stereocenters. The van der Waals surface area contributed by atoms with E-state index in [9.17, 15) is 14.4 Å². The summed E-state index contributed by atoms with van der Waals surface area (Å²) in [5, 5.41) is 12.9. The van der Waals surface area contributed by atoms with Crippen molar-refractivity contribution in [2.75, 3.05) is 19.7 Å². The molecule has 0 radical (unpaired) electrons. The minimum Gasteiger partial charge on any atom is -0.480 e. The van der Waals surface area contributed by atoms with Gasteiger partial charge in [0, 0.05) is 5.92 Å². The Bertz CT molecular complexity index is 804. The van der Waals surface area contributed by atoms with Crippen LogP contribution >= 0.6 is 0 Å². The lowest BCUT2D eigenvalue weighted by Gasteiger charge is -2.14. The molecule has 0 atom stereocenters. The lowest BCUT2D eigenvalue weighted by atomic mass is 9.98. The average molecular weight is 354 g/mol. The van der Waals surface area contributed by atoms with Crippen molar-refractivity contribution in [3.63, 3.8) is 0 Å². The van der Waals surface area contributed by atoms with Crippen LogP contribution in [0.15, 0.2) is 48.5 Å². The van der Waals surface area contributed by atoms with Crippen molar-refractivity contribution in [2.24, 2.45) is 0 Å². The molecule has 7 heteroatoms. The Labute approximate surface area is 150 Å². The van der Waals surface area contributed by atoms with E-state index in [0.717, 1.165) is 22.3 Å². The minimum absolute atomic E-state index is 0.0611. The molecule has 3 rings (SSSR count). The number of carboxylic acids is 1. The molecule has 3 N–H and O–H groups in total.